The molecular formula is C13H17NO. The highest BCUT2D eigenvalue weighted by Gasteiger charge is 2.57. The molecule has 0 radical (unpaired) electrons. The summed E-state index contributed by atoms with van der Waals surface area (Å²) < 4.78 is 0. The van der Waals surface area contributed by atoms with Crippen molar-refractivity contribution in [2.75, 3.05) is 0 Å². The molecule has 2 aliphatic rings. The third kappa shape index (κ3) is 1.29. The Morgan fingerprint density at radius 1 is 1.27 bits per heavy atom. The zero-order chi connectivity index (χ0) is 10.9. The van der Waals surface area contributed by atoms with Crippen LogP contribution < -0.4 is 0 Å². The zero-order valence-corrected chi connectivity index (χ0v) is 9.00. The van der Waals surface area contributed by atoms with Gasteiger partial charge < -0.3 is 5.11 Å². The highest BCUT2D eigenvalue weighted by Crippen LogP contribution is 2.54. The maximum atomic E-state index is 10.6. The van der Waals surface area contributed by atoms with Crippen LogP contribution >= 0.6 is 0 Å². The summed E-state index contributed by atoms with van der Waals surface area (Å²) in [6.07, 6.45) is 12.3. The van der Waals surface area contributed by atoms with Gasteiger partial charge in [0.1, 0.15) is 5.60 Å². The van der Waals surface area contributed by atoms with E-state index in [1.165, 1.54) is 0 Å². The van der Waals surface area contributed by atoms with Gasteiger partial charge in [0.2, 0.25) is 0 Å². The fourth-order valence-corrected chi connectivity index (χ4v) is 3.10. The fourth-order valence-electron chi connectivity index (χ4n) is 3.10. The van der Waals surface area contributed by atoms with Crippen LogP contribution in [-0.4, -0.2) is 10.7 Å². The maximum Gasteiger partial charge on any atom is 0.146 e. The Kier molecular flexibility index (Phi) is 2.49. The Labute approximate surface area is 91.3 Å². The molecule has 1 atom stereocenters. The molecule has 0 unspecified atom stereocenters. The second kappa shape index (κ2) is 3.54. The Balaban J connectivity index is 2.28. The maximum absolute atomic E-state index is 10.6. The summed E-state index contributed by atoms with van der Waals surface area (Å²) >= 11 is 0. The molecule has 2 nitrogen and oxygen atoms in total. The van der Waals surface area contributed by atoms with E-state index in [1.807, 2.05) is 0 Å². The first-order valence-electron chi connectivity index (χ1n) is 5.80. The third-order valence-corrected chi connectivity index (χ3v) is 4.32. The van der Waals surface area contributed by atoms with E-state index in [0.29, 0.717) is 0 Å². The predicted molar refractivity (Wildman–Crippen MR) is 57.6 cm³/mol. The summed E-state index contributed by atoms with van der Waals surface area (Å²) in [5.74, 6) is 2.69. The van der Waals surface area contributed by atoms with Gasteiger partial charge in [-0.3, -0.25) is 0 Å². The van der Waals surface area contributed by atoms with Gasteiger partial charge in [0.05, 0.1) is 11.5 Å². The SMILES string of the molecule is C#C[C@@](O)(C1CCCC1)C1(C#N)CCC1. The summed E-state index contributed by atoms with van der Waals surface area (Å²) in [5.41, 5.74) is -1.81. The fraction of sp³-hybridized carbons (Fsp3) is 0.769. The molecule has 2 heteroatoms. The number of aliphatic hydroxyl groups is 1. The standard InChI is InChI=1S/C13H17NO/c1-2-13(15,11-6-3-4-7-11)12(10-14)8-5-9-12/h1,11,15H,3-9H2/t13-/m1/s1. The van der Waals surface area contributed by atoms with Gasteiger partial charge in [-0.05, 0) is 32.1 Å². The molecule has 0 spiro atoms. The summed E-state index contributed by atoms with van der Waals surface area (Å²) in [4.78, 5) is 0. The van der Waals surface area contributed by atoms with Crippen molar-refractivity contribution >= 4 is 0 Å². The molecule has 0 amide bonds. The van der Waals surface area contributed by atoms with E-state index in [9.17, 15) is 10.4 Å². The van der Waals surface area contributed by atoms with E-state index in [4.69, 9.17) is 6.42 Å². The highest BCUT2D eigenvalue weighted by atomic mass is 16.3. The lowest BCUT2D eigenvalue weighted by molar-refractivity contribution is -0.0872. The second-order valence-corrected chi connectivity index (χ2v) is 4.94. The first-order chi connectivity index (χ1) is 7.18. The van der Waals surface area contributed by atoms with Gasteiger partial charge in [0.15, 0.2) is 0 Å². The average molecular weight is 203 g/mol. The summed E-state index contributed by atoms with van der Waals surface area (Å²) in [6.45, 7) is 0. The van der Waals surface area contributed by atoms with Crippen LogP contribution in [0.3, 0.4) is 0 Å². The number of rotatable bonds is 2. The summed E-state index contributed by atoms with van der Waals surface area (Å²) in [6, 6.07) is 2.29. The molecule has 2 aliphatic carbocycles. The van der Waals surface area contributed by atoms with Crippen molar-refractivity contribution in [3.8, 4) is 18.4 Å². The molecule has 80 valence electrons. The molecule has 0 saturated heterocycles. The zero-order valence-electron chi connectivity index (χ0n) is 9.00. The Morgan fingerprint density at radius 2 is 1.87 bits per heavy atom. The lowest BCUT2D eigenvalue weighted by atomic mass is 9.56. The number of hydrogen-bond donors (Lipinski definition) is 1. The molecule has 2 fully saturated rings. The van der Waals surface area contributed by atoms with Gasteiger partial charge in [-0.15, -0.1) is 6.42 Å². The summed E-state index contributed by atoms with van der Waals surface area (Å²) in [5, 5.41) is 19.9. The molecule has 0 aliphatic heterocycles. The quantitative estimate of drug-likeness (QED) is 0.699. The van der Waals surface area contributed by atoms with E-state index < -0.39 is 11.0 Å². The first kappa shape index (κ1) is 10.5. The Hall–Kier alpha value is -0.990. The molecule has 0 bridgehead atoms. The Morgan fingerprint density at radius 3 is 2.20 bits per heavy atom. The normalized spacial score (nSPS) is 28.5. The lowest BCUT2D eigenvalue weighted by Gasteiger charge is -2.48. The van der Waals surface area contributed by atoms with E-state index >= 15 is 0 Å². The van der Waals surface area contributed by atoms with Crippen molar-refractivity contribution < 1.29 is 5.11 Å². The van der Waals surface area contributed by atoms with Crippen LogP contribution in [0.4, 0.5) is 0 Å². The van der Waals surface area contributed by atoms with Crippen LogP contribution in [0.25, 0.3) is 0 Å². The largest absolute Gasteiger partial charge is 0.376 e. The van der Waals surface area contributed by atoms with Crippen LogP contribution in [0.2, 0.25) is 0 Å². The van der Waals surface area contributed by atoms with Crippen LogP contribution in [0.15, 0.2) is 0 Å². The number of nitriles is 1. The van der Waals surface area contributed by atoms with Gasteiger partial charge >= 0.3 is 0 Å². The van der Waals surface area contributed by atoms with Gasteiger partial charge in [0, 0.05) is 5.92 Å². The monoisotopic (exact) mass is 203 g/mol. The highest BCUT2D eigenvalue weighted by molar-refractivity contribution is 5.28. The molecule has 0 aromatic carbocycles. The molecule has 0 aromatic rings. The third-order valence-electron chi connectivity index (χ3n) is 4.32. The van der Waals surface area contributed by atoms with Crippen molar-refractivity contribution in [1.29, 1.82) is 5.26 Å². The van der Waals surface area contributed by atoms with Gasteiger partial charge in [0.25, 0.3) is 0 Å². The lowest BCUT2D eigenvalue weighted by Crippen LogP contribution is -2.55. The van der Waals surface area contributed by atoms with Crippen LogP contribution in [0.5, 0.6) is 0 Å². The van der Waals surface area contributed by atoms with Crippen molar-refractivity contribution in [1.82, 2.24) is 0 Å². The topological polar surface area (TPSA) is 44.0 Å². The van der Waals surface area contributed by atoms with E-state index in [0.717, 1.165) is 44.9 Å². The van der Waals surface area contributed by atoms with Crippen molar-refractivity contribution in [2.45, 2.75) is 50.5 Å². The van der Waals surface area contributed by atoms with Gasteiger partial charge in [-0.25, -0.2) is 0 Å². The minimum absolute atomic E-state index is 0.141. The van der Waals surface area contributed by atoms with Crippen molar-refractivity contribution in [3.05, 3.63) is 0 Å². The molecule has 2 saturated carbocycles. The smallest absolute Gasteiger partial charge is 0.146 e. The van der Waals surface area contributed by atoms with Crippen molar-refractivity contribution in [3.63, 3.8) is 0 Å². The molecule has 15 heavy (non-hydrogen) atoms. The van der Waals surface area contributed by atoms with Crippen LogP contribution in [0, 0.1) is 35.0 Å². The van der Waals surface area contributed by atoms with Crippen molar-refractivity contribution in [2.24, 2.45) is 11.3 Å². The molecule has 0 aromatic heterocycles. The van der Waals surface area contributed by atoms with Crippen LogP contribution in [-0.2, 0) is 0 Å². The first-order valence-corrected chi connectivity index (χ1v) is 5.80. The Bertz CT molecular complexity index is 325. The molecular weight excluding hydrogens is 186 g/mol. The van der Waals surface area contributed by atoms with Crippen LogP contribution in [0.1, 0.15) is 44.9 Å². The number of hydrogen-bond acceptors (Lipinski definition) is 2. The van der Waals surface area contributed by atoms with E-state index in [1.54, 1.807) is 0 Å². The van der Waals surface area contributed by atoms with Gasteiger partial charge in [-0.1, -0.05) is 18.8 Å². The minimum atomic E-state index is -1.17. The number of nitrogens with zero attached hydrogens (tertiary/aromatic N) is 1. The second-order valence-electron chi connectivity index (χ2n) is 4.94. The van der Waals surface area contributed by atoms with E-state index in [-0.39, 0.29) is 5.92 Å². The molecule has 2 rings (SSSR count). The molecule has 0 heterocycles. The minimum Gasteiger partial charge on any atom is -0.376 e. The summed E-state index contributed by atoms with van der Waals surface area (Å²) in [7, 11) is 0. The molecule has 1 N–H and O–H groups in total. The van der Waals surface area contributed by atoms with Gasteiger partial charge in [-0.2, -0.15) is 5.26 Å². The van der Waals surface area contributed by atoms with E-state index in [2.05, 4.69) is 12.0 Å². The average Bonchev–Trinajstić information content (AvgIpc) is 2.69. The predicted octanol–water partition coefficient (Wildman–Crippen LogP) is 2.23. The number of terminal acetylenes is 1.